The molecule has 2 aliphatic rings. The summed E-state index contributed by atoms with van der Waals surface area (Å²) in [7, 11) is 1.52. The molecule has 2 aromatic heterocycles. The number of hydrogen-bond acceptors (Lipinski definition) is 8. The maximum Gasteiger partial charge on any atom is 0.227 e. The van der Waals surface area contributed by atoms with E-state index >= 15 is 0 Å². The van der Waals surface area contributed by atoms with Gasteiger partial charge in [-0.2, -0.15) is 10.2 Å². The second-order valence-electron chi connectivity index (χ2n) is 11.6. The summed E-state index contributed by atoms with van der Waals surface area (Å²) in [6.45, 7) is 3.24. The highest BCUT2D eigenvalue weighted by molar-refractivity contribution is 6.33. The van der Waals surface area contributed by atoms with E-state index in [0.29, 0.717) is 64.5 Å². The largest absolute Gasteiger partial charge is 0.481 e. The van der Waals surface area contributed by atoms with E-state index in [2.05, 4.69) is 47.6 Å². The van der Waals surface area contributed by atoms with Gasteiger partial charge in [0.25, 0.3) is 0 Å². The summed E-state index contributed by atoms with van der Waals surface area (Å²) in [5.74, 6) is 1.31. The van der Waals surface area contributed by atoms with Gasteiger partial charge in [0, 0.05) is 30.8 Å². The number of halogens is 2. The van der Waals surface area contributed by atoms with E-state index in [9.17, 15) is 14.8 Å². The van der Waals surface area contributed by atoms with Crippen LogP contribution in [0.5, 0.6) is 5.88 Å². The molecule has 228 valence electrons. The molecular weight excluding hydrogens is 593 g/mol. The number of nitriles is 1. The predicted molar refractivity (Wildman–Crippen MR) is 171 cm³/mol. The first-order valence-electron chi connectivity index (χ1n) is 14.9. The lowest BCUT2D eigenvalue weighted by Crippen LogP contribution is -2.47. The van der Waals surface area contributed by atoms with Crippen molar-refractivity contribution < 1.29 is 18.7 Å². The Morgan fingerprint density at radius 1 is 1.13 bits per heavy atom. The Kier molecular flexibility index (Phi) is 7.66. The number of benzene rings is 3. The molecule has 0 spiro atoms. The van der Waals surface area contributed by atoms with Gasteiger partial charge in [0.15, 0.2) is 5.58 Å². The van der Waals surface area contributed by atoms with E-state index in [1.165, 1.54) is 18.2 Å². The molecule has 0 saturated carbocycles. The number of likely N-dealkylation sites (tertiary alicyclic amines) is 1. The molecule has 45 heavy (non-hydrogen) atoms. The molecule has 5 aromatic rings. The molecule has 8 nitrogen and oxygen atoms in total. The van der Waals surface area contributed by atoms with Crippen LogP contribution in [0.25, 0.3) is 33.7 Å². The van der Waals surface area contributed by atoms with Crippen LogP contribution in [0, 0.1) is 18.3 Å². The molecule has 1 aliphatic carbocycles. The number of methoxy groups -OCH3 is 1. The van der Waals surface area contributed by atoms with Crippen LogP contribution in [0.4, 0.5) is 10.2 Å². The van der Waals surface area contributed by atoms with E-state index in [4.69, 9.17) is 25.7 Å². The fourth-order valence-electron chi connectivity index (χ4n) is 6.56. The quantitative estimate of drug-likeness (QED) is 0.188. The lowest BCUT2D eigenvalue weighted by Gasteiger charge is -2.34. The Hall–Kier alpha value is -4.49. The second-order valence-corrected chi connectivity index (χ2v) is 12.1. The molecule has 3 aromatic carbocycles. The summed E-state index contributed by atoms with van der Waals surface area (Å²) >= 11 is 6.52. The maximum absolute atomic E-state index is 13.4. The summed E-state index contributed by atoms with van der Waals surface area (Å²) in [5, 5.41) is 23.4. The van der Waals surface area contributed by atoms with Crippen LogP contribution < -0.4 is 10.1 Å². The zero-order valence-corrected chi connectivity index (χ0v) is 25.7. The average molecular weight is 624 g/mol. The number of aliphatic hydroxyl groups is 1. The first-order valence-corrected chi connectivity index (χ1v) is 15.3. The Morgan fingerprint density at radius 3 is 2.67 bits per heavy atom. The zero-order valence-electron chi connectivity index (χ0n) is 24.9. The number of nitrogens with one attached hydrogen (secondary N) is 1. The van der Waals surface area contributed by atoms with Gasteiger partial charge in [-0.05, 0) is 77.4 Å². The van der Waals surface area contributed by atoms with E-state index in [1.54, 1.807) is 6.07 Å². The fourth-order valence-corrected chi connectivity index (χ4v) is 6.78. The van der Waals surface area contributed by atoms with E-state index < -0.39 is 6.17 Å². The second kappa shape index (κ2) is 11.8. The molecule has 3 heterocycles. The summed E-state index contributed by atoms with van der Waals surface area (Å²) in [5.41, 5.74) is 9.47. The normalized spacial score (nSPS) is 16.4. The third kappa shape index (κ3) is 5.29. The maximum atomic E-state index is 13.4. The minimum absolute atomic E-state index is 0.000752. The van der Waals surface area contributed by atoms with Crippen molar-refractivity contribution in [3.63, 3.8) is 0 Å². The third-order valence-electron chi connectivity index (χ3n) is 8.80. The highest BCUT2D eigenvalue weighted by atomic mass is 35.5. The Bertz CT molecular complexity index is 1980. The van der Waals surface area contributed by atoms with Gasteiger partial charge in [0.05, 0.1) is 30.3 Å². The molecule has 0 amide bonds. The van der Waals surface area contributed by atoms with E-state index in [0.717, 1.165) is 40.7 Å². The van der Waals surface area contributed by atoms with Crippen molar-refractivity contribution in [2.45, 2.75) is 45.1 Å². The topological polar surface area (TPSA) is 107 Å². The van der Waals surface area contributed by atoms with Gasteiger partial charge in [-0.15, -0.1) is 0 Å². The molecule has 1 fully saturated rings. The molecule has 0 radical (unpaired) electrons. The number of anilines is 1. The molecule has 1 saturated heterocycles. The summed E-state index contributed by atoms with van der Waals surface area (Å²) < 4.78 is 24.9. The number of ether oxygens (including phenoxy) is 1. The van der Waals surface area contributed by atoms with Crippen LogP contribution in [0.15, 0.2) is 59.0 Å². The lowest BCUT2D eigenvalue weighted by molar-refractivity contribution is 0.0591. The molecule has 1 atom stereocenters. The van der Waals surface area contributed by atoms with Crippen LogP contribution in [0.1, 0.15) is 45.8 Å². The van der Waals surface area contributed by atoms with Crippen molar-refractivity contribution in [1.82, 2.24) is 14.9 Å². The first-order chi connectivity index (χ1) is 21.9. The van der Waals surface area contributed by atoms with E-state index in [-0.39, 0.29) is 12.6 Å². The van der Waals surface area contributed by atoms with Gasteiger partial charge in [-0.1, -0.05) is 41.9 Å². The molecule has 10 heteroatoms. The number of aliphatic hydroxyl groups excluding tert-OH is 1. The van der Waals surface area contributed by atoms with Crippen molar-refractivity contribution in [1.29, 1.82) is 5.26 Å². The van der Waals surface area contributed by atoms with Gasteiger partial charge in [-0.25, -0.2) is 9.37 Å². The van der Waals surface area contributed by atoms with Crippen LogP contribution >= 0.6 is 11.6 Å². The van der Waals surface area contributed by atoms with E-state index in [1.807, 2.05) is 29.2 Å². The van der Waals surface area contributed by atoms with Gasteiger partial charge >= 0.3 is 0 Å². The van der Waals surface area contributed by atoms with Crippen molar-refractivity contribution in [2.75, 3.05) is 25.5 Å². The average Bonchev–Trinajstić information content (AvgIpc) is 3.65. The van der Waals surface area contributed by atoms with Gasteiger partial charge in [0.1, 0.15) is 23.6 Å². The number of aromatic nitrogens is 2. The number of pyridine rings is 1. The number of alkyl halides is 1. The standard InChI is InChI=1S/C35H31ClFN5O3/c1-19-24(26-7-4-8-28-27(26)9-10-30(28)39-33-29(36)13-22(18-43)34(41-33)44-2)5-3-6-25(19)35-40-31-12-20(15-42-16-23(37)17-42)11-21(14-38)32(31)45-35/h3-8,11-13,23,30,43H,9-10,15-18H2,1-2H3,(H,39,41). The Balaban J connectivity index is 1.21. The number of hydrogen-bond donors (Lipinski definition) is 2. The number of nitrogens with zero attached hydrogens (tertiary/aromatic N) is 4. The summed E-state index contributed by atoms with van der Waals surface area (Å²) in [6.07, 6.45) is 0.949. The molecule has 2 N–H and O–H groups in total. The van der Waals surface area contributed by atoms with Crippen molar-refractivity contribution in [3.05, 3.63) is 93.0 Å². The summed E-state index contributed by atoms with van der Waals surface area (Å²) in [6, 6.07) is 20.1. The lowest BCUT2D eigenvalue weighted by atomic mass is 9.91. The van der Waals surface area contributed by atoms with Gasteiger partial charge in [-0.3, -0.25) is 4.90 Å². The number of rotatable bonds is 8. The van der Waals surface area contributed by atoms with Crippen LogP contribution in [-0.2, 0) is 19.6 Å². The van der Waals surface area contributed by atoms with Crippen LogP contribution in [0.3, 0.4) is 0 Å². The van der Waals surface area contributed by atoms with Crippen LogP contribution in [-0.4, -0.2) is 46.3 Å². The zero-order chi connectivity index (χ0) is 31.2. The van der Waals surface area contributed by atoms with Crippen LogP contribution in [0.2, 0.25) is 5.02 Å². The molecule has 0 bridgehead atoms. The Morgan fingerprint density at radius 2 is 1.91 bits per heavy atom. The predicted octanol–water partition coefficient (Wildman–Crippen LogP) is 7.14. The number of fused-ring (bicyclic) bond motifs is 2. The minimum atomic E-state index is -0.782. The fraction of sp³-hybridized carbons (Fsp3) is 0.286. The first kappa shape index (κ1) is 29.2. The highest BCUT2D eigenvalue weighted by Gasteiger charge is 2.28. The summed E-state index contributed by atoms with van der Waals surface area (Å²) in [4.78, 5) is 11.3. The van der Waals surface area contributed by atoms with Crippen molar-refractivity contribution in [2.24, 2.45) is 0 Å². The molecule has 7 rings (SSSR count). The molecule has 1 unspecified atom stereocenters. The van der Waals surface area contributed by atoms with Crippen molar-refractivity contribution in [3.8, 4) is 34.5 Å². The molecule has 1 aliphatic heterocycles. The SMILES string of the molecule is COc1nc(NC2CCc3c(-c4cccc(-c5nc6cc(CN7CC(F)C7)cc(C#N)c6o5)c4C)cccc32)c(Cl)cc1CO. The monoisotopic (exact) mass is 623 g/mol. The Labute approximate surface area is 265 Å². The minimum Gasteiger partial charge on any atom is -0.481 e. The third-order valence-corrected chi connectivity index (χ3v) is 9.09. The van der Waals surface area contributed by atoms with Crippen molar-refractivity contribution >= 4 is 28.5 Å². The number of oxazole rings is 1. The molecular formula is C35H31ClFN5O3. The van der Waals surface area contributed by atoms with Gasteiger partial charge < -0.3 is 19.6 Å². The van der Waals surface area contributed by atoms with Gasteiger partial charge in [0.2, 0.25) is 11.8 Å². The highest BCUT2D eigenvalue weighted by Crippen LogP contribution is 2.43. The smallest absolute Gasteiger partial charge is 0.227 e.